The summed E-state index contributed by atoms with van der Waals surface area (Å²) in [5, 5.41) is 5.60. The van der Waals surface area contributed by atoms with Crippen molar-refractivity contribution in [3.63, 3.8) is 0 Å². The lowest BCUT2D eigenvalue weighted by Gasteiger charge is -2.14. The molecule has 3 rings (SSSR count). The summed E-state index contributed by atoms with van der Waals surface area (Å²) < 4.78 is 3.27. The molecular weight excluding hydrogens is 342 g/mol. The maximum absolute atomic E-state index is 4.66. The molecule has 0 fully saturated rings. The van der Waals surface area contributed by atoms with Crippen molar-refractivity contribution in [2.75, 3.05) is 6.54 Å². The van der Waals surface area contributed by atoms with Gasteiger partial charge in [-0.15, -0.1) is 22.7 Å². The van der Waals surface area contributed by atoms with Gasteiger partial charge in [-0.3, -0.25) is 4.40 Å². The Morgan fingerprint density at radius 1 is 1.47 bits per heavy atom. The van der Waals surface area contributed by atoms with Crippen molar-refractivity contribution >= 4 is 43.6 Å². The highest BCUT2D eigenvalue weighted by atomic mass is 79.9. The Hall–Kier alpha value is -0.690. The van der Waals surface area contributed by atoms with E-state index in [0.29, 0.717) is 6.04 Å². The highest BCUT2D eigenvalue weighted by molar-refractivity contribution is 9.11. The van der Waals surface area contributed by atoms with Crippen molar-refractivity contribution < 1.29 is 0 Å². The van der Waals surface area contributed by atoms with Crippen LogP contribution in [0.1, 0.15) is 23.5 Å². The molecule has 0 aliphatic carbocycles. The summed E-state index contributed by atoms with van der Waals surface area (Å²) in [6.07, 6.45) is 5.11. The zero-order chi connectivity index (χ0) is 13.2. The summed E-state index contributed by atoms with van der Waals surface area (Å²) in [6, 6.07) is 4.63. The number of rotatable bonds is 5. The minimum atomic E-state index is 0.339. The lowest BCUT2D eigenvalue weighted by atomic mass is 10.1. The normalized spacial score (nSPS) is 13.2. The average Bonchev–Trinajstić information content (AvgIpc) is 3.03. The molecule has 0 saturated heterocycles. The van der Waals surface area contributed by atoms with Gasteiger partial charge in [-0.2, -0.15) is 0 Å². The van der Waals surface area contributed by atoms with Crippen LogP contribution in [-0.2, 0) is 6.42 Å². The number of fused-ring (bicyclic) bond motifs is 1. The van der Waals surface area contributed by atoms with Gasteiger partial charge in [-0.1, -0.05) is 6.92 Å². The number of aromatic nitrogens is 2. The van der Waals surface area contributed by atoms with Crippen LogP contribution in [0.3, 0.4) is 0 Å². The van der Waals surface area contributed by atoms with Crippen LogP contribution in [0.5, 0.6) is 0 Å². The quantitative estimate of drug-likeness (QED) is 0.745. The topological polar surface area (TPSA) is 29.3 Å². The third-order valence-electron chi connectivity index (χ3n) is 2.94. The van der Waals surface area contributed by atoms with E-state index in [1.165, 1.54) is 8.66 Å². The van der Waals surface area contributed by atoms with E-state index in [0.717, 1.165) is 23.6 Å². The molecule has 0 aliphatic heterocycles. The Morgan fingerprint density at radius 2 is 2.37 bits per heavy atom. The van der Waals surface area contributed by atoms with Gasteiger partial charge in [0.25, 0.3) is 0 Å². The fraction of sp³-hybridized carbons (Fsp3) is 0.308. The predicted octanol–water partition coefficient (Wildman–Crippen LogP) is 4.11. The molecule has 19 heavy (non-hydrogen) atoms. The largest absolute Gasteiger partial charge is 0.309 e. The summed E-state index contributed by atoms with van der Waals surface area (Å²) in [4.78, 5) is 7.08. The summed E-state index contributed by atoms with van der Waals surface area (Å²) in [6.45, 7) is 3.10. The van der Waals surface area contributed by atoms with Crippen LogP contribution in [0.2, 0.25) is 0 Å². The number of halogens is 1. The van der Waals surface area contributed by atoms with Crippen molar-refractivity contribution in [3.8, 4) is 0 Å². The molecule has 0 aromatic carbocycles. The van der Waals surface area contributed by atoms with Crippen LogP contribution in [0.15, 0.2) is 33.7 Å². The molecule has 1 atom stereocenters. The molecule has 0 radical (unpaired) electrons. The monoisotopic (exact) mass is 355 g/mol. The van der Waals surface area contributed by atoms with Crippen molar-refractivity contribution in [3.05, 3.63) is 44.3 Å². The number of thiophene rings is 1. The Bertz CT molecular complexity index is 642. The van der Waals surface area contributed by atoms with Crippen molar-refractivity contribution in [1.82, 2.24) is 14.7 Å². The van der Waals surface area contributed by atoms with E-state index in [-0.39, 0.29) is 0 Å². The molecule has 6 heteroatoms. The van der Waals surface area contributed by atoms with Crippen LogP contribution in [0.25, 0.3) is 4.96 Å². The zero-order valence-electron chi connectivity index (χ0n) is 10.5. The maximum Gasteiger partial charge on any atom is 0.193 e. The van der Waals surface area contributed by atoms with E-state index in [1.54, 1.807) is 22.7 Å². The number of imidazole rings is 1. The summed E-state index contributed by atoms with van der Waals surface area (Å²) in [5.74, 6) is 0. The van der Waals surface area contributed by atoms with E-state index in [1.807, 2.05) is 0 Å². The van der Waals surface area contributed by atoms with E-state index in [9.17, 15) is 0 Å². The highest BCUT2D eigenvalue weighted by Gasteiger charge is 2.15. The van der Waals surface area contributed by atoms with Gasteiger partial charge in [0.1, 0.15) is 0 Å². The number of hydrogen-bond acceptors (Lipinski definition) is 4. The Labute approximate surface area is 128 Å². The fourth-order valence-corrected chi connectivity index (χ4v) is 4.34. The first-order chi connectivity index (χ1) is 9.26. The third kappa shape index (κ3) is 2.91. The van der Waals surface area contributed by atoms with Gasteiger partial charge < -0.3 is 5.32 Å². The van der Waals surface area contributed by atoms with E-state index in [4.69, 9.17) is 0 Å². The smallest absolute Gasteiger partial charge is 0.193 e. The standard InChI is InChI=1S/C13H14BrN3S2/c1-2-15-10(11-3-4-12(14)19-11)7-9-8-17-5-6-18-13(17)16-9/h3-6,8,10,15H,2,7H2,1H3. The van der Waals surface area contributed by atoms with Crippen LogP contribution >= 0.6 is 38.6 Å². The molecule has 0 bridgehead atoms. The molecule has 0 saturated carbocycles. The number of likely N-dealkylation sites (N-methyl/N-ethyl adjacent to an activating group) is 1. The second-order valence-electron chi connectivity index (χ2n) is 4.28. The van der Waals surface area contributed by atoms with Crippen molar-refractivity contribution in [1.29, 1.82) is 0 Å². The molecule has 1 N–H and O–H groups in total. The zero-order valence-corrected chi connectivity index (χ0v) is 13.7. The molecule has 0 amide bonds. The maximum atomic E-state index is 4.66. The van der Waals surface area contributed by atoms with Crippen molar-refractivity contribution in [2.45, 2.75) is 19.4 Å². The molecule has 3 aromatic heterocycles. The van der Waals surface area contributed by atoms with Crippen LogP contribution < -0.4 is 5.32 Å². The second kappa shape index (κ2) is 5.75. The van der Waals surface area contributed by atoms with Gasteiger partial charge in [0.05, 0.1) is 9.48 Å². The average molecular weight is 356 g/mol. The highest BCUT2D eigenvalue weighted by Crippen LogP contribution is 2.29. The first-order valence-electron chi connectivity index (χ1n) is 6.16. The molecule has 0 aliphatic rings. The van der Waals surface area contributed by atoms with Gasteiger partial charge in [-0.05, 0) is 34.6 Å². The summed E-state index contributed by atoms with van der Waals surface area (Å²) in [7, 11) is 0. The predicted molar refractivity (Wildman–Crippen MR) is 85.2 cm³/mol. The number of nitrogens with zero attached hydrogens (tertiary/aromatic N) is 2. The Balaban J connectivity index is 1.82. The van der Waals surface area contributed by atoms with Gasteiger partial charge in [-0.25, -0.2) is 4.98 Å². The van der Waals surface area contributed by atoms with Gasteiger partial charge in [0.2, 0.25) is 0 Å². The van der Waals surface area contributed by atoms with E-state index in [2.05, 4.69) is 67.5 Å². The van der Waals surface area contributed by atoms with Crippen LogP contribution in [0, 0.1) is 0 Å². The van der Waals surface area contributed by atoms with Gasteiger partial charge in [0.15, 0.2) is 4.96 Å². The summed E-state index contributed by atoms with van der Waals surface area (Å²) in [5.41, 5.74) is 1.14. The molecular formula is C13H14BrN3S2. The molecule has 3 nitrogen and oxygen atoms in total. The van der Waals surface area contributed by atoms with E-state index < -0.39 is 0 Å². The number of hydrogen-bond donors (Lipinski definition) is 1. The number of nitrogens with one attached hydrogen (secondary N) is 1. The van der Waals surface area contributed by atoms with Crippen LogP contribution in [0.4, 0.5) is 0 Å². The molecule has 100 valence electrons. The molecule has 0 spiro atoms. The molecule has 1 unspecified atom stereocenters. The first kappa shape index (κ1) is 13.3. The van der Waals surface area contributed by atoms with Gasteiger partial charge in [0, 0.05) is 35.1 Å². The minimum absolute atomic E-state index is 0.339. The van der Waals surface area contributed by atoms with Gasteiger partial charge >= 0.3 is 0 Å². The minimum Gasteiger partial charge on any atom is -0.309 e. The lowest BCUT2D eigenvalue weighted by molar-refractivity contribution is 0.553. The first-order valence-corrected chi connectivity index (χ1v) is 8.65. The second-order valence-corrected chi connectivity index (χ2v) is 7.65. The molecule has 3 aromatic rings. The SMILES string of the molecule is CCNC(Cc1cn2ccsc2n1)c1ccc(Br)s1. The van der Waals surface area contributed by atoms with E-state index >= 15 is 0 Å². The molecule has 3 heterocycles. The lowest BCUT2D eigenvalue weighted by Crippen LogP contribution is -2.22. The fourth-order valence-electron chi connectivity index (χ4n) is 2.12. The van der Waals surface area contributed by atoms with Crippen molar-refractivity contribution in [2.24, 2.45) is 0 Å². The third-order valence-corrected chi connectivity index (χ3v) is 5.45. The summed E-state index contributed by atoms with van der Waals surface area (Å²) >= 11 is 6.99. The Kier molecular flexibility index (Phi) is 4.02. The Morgan fingerprint density at radius 3 is 3.05 bits per heavy atom. The number of thiazole rings is 1. The van der Waals surface area contributed by atoms with Crippen LogP contribution in [-0.4, -0.2) is 15.9 Å².